The third-order valence-electron chi connectivity index (χ3n) is 3.12. The number of carbonyl (C=O) groups is 1. The zero-order valence-corrected chi connectivity index (χ0v) is 11.8. The predicted molar refractivity (Wildman–Crippen MR) is 81.2 cm³/mol. The minimum absolute atomic E-state index is 0.133. The van der Waals surface area contributed by atoms with E-state index in [1.54, 1.807) is 30.3 Å². The van der Waals surface area contributed by atoms with Crippen LogP contribution in [0.5, 0.6) is 11.5 Å². The molecule has 21 heavy (non-hydrogen) atoms. The number of hydrogen-bond acceptors (Lipinski definition) is 4. The summed E-state index contributed by atoms with van der Waals surface area (Å²) in [7, 11) is 0. The molecule has 0 aliphatic carbocycles. The molecule has 0 saturated heterocycles. The number of phenols is 1. The Morgan fingerprint density at radius 3 is 2.76 bits per heavy atom. The van der Waals surface area contributed by atoms with E-state index in [2.05, 4.69) is 0 Å². The number of carboxylic acids is 1. The lowest BCUT2D eigenvalue weighted by Gasteiger charge is -2.07. The first-order valence-electron chi connectivity index (χ1n) is 6.29. The molecule has 5 heteroatoms. The van der Waals surface area contributed by atoms with Crippen LogP contribution in [0.2, 0.25) is 0 Å². The number of phenolic OH excluding ortho intramolecular Hbond substituents is 1. The topological polar surface area (TPSA) is 66.8 Å². The fraction of sp³-hybridized carbons (Fsp3) is 0.0625. The monoisotopic (exact) mass is 300 g/mol. The average Bonchev–Trinajstić information content (AvgIpc) is 2.88. The summed E-state index contributed by atoms with van der Waals surface area (Å²) in [6.07, 6.45) is 0. The molecule has 3 rings (SSSR count). The van der Waals surface area contributed by atoms with Crippen LogP contribution < -0.4 is 4.74 Å². The highest BCUT2D eigenvalue weighted by Crippen LogP contribution is 2.30. The van der Waals surface area contributed by atoms with Gasteiger partial charge in [-0.05, 0) is 29.6 Å². The Labute approximate surface area is 124 Å². The fourth-order valence-electron chi connectivity index (χ4n) is 2.17. The summed E-state index contributed by atoms with van der Waals surface area (Å²) in [4.78, 5) is 11.3. The zero-order chi connectivity index (χ0) is 14.8. The molecule has 0 aliphatic heterocycles. The predicted octanol–water partition coefficient (Wildman–Crippen LogP) is 3.88. The Morgan fingerprint density at radius 1 is 1.19 bits per heavy atom. The molecule has 106 valence electrons. The Kier molecular flexibility index (Phi) is 3.50. The van der Waals surface area contributed by atoms with Crippen molar-refractivity contribution in [2.45, 2.75) is 6.61 Å². The molecule has 0 radical (unpaired) electrons. The van der Waals surface area contributed by atoms with Crippen LogP contribution in [-0.4, -0.2) is 16.2 Å². The third kappa shape index (κ3) is 2.68. The SMILES string of the molecule is O=C(O)c1cccc2scc(COc3cccc(O)c3)c12. The average molecular weight is 300 g/mol. The van der Waals surface area contributed by atoms with E-state index in [0.29, 0.717) is 5.75 Å². The van der Waals surface area contributed by atoms with Gasteiger partial charge < -0.3 is 14.9 Å². The number of ether oxygens (including phenoxy) is 1. The highest BCUT2D eigenvalue weighted by atomic mass is 32.1. The molecule has 0 fully saturated rings. The molecule has 0 atom stereocenters. The highest BCUT2D eigenvalue weighted by molar-refractivity contribution is 7.17. The van der Waals surface area contributed by atoms with Crippen molar-refractivity contribution in [1.82, 2.24) is 0 Å². The second-order valence-corrected chi connectivity index (χ2v) is 5.44. The van der Waals surface area contributed by atoms with Gasteiger partial charge >= 0.3 is 5.97 Å². The van der Waals surface area contributed by atoms with Gasteiger partial charge in [-0.2, -0.15) is 0 Å². The first-order valence-corrected chi connectivity index (χ1v) is 7.17. The van der Waals surface area contributed by atoms with Gasteiger partial charge in [-0.1, -0.05) is 12.1 Å². The molecule has 0 unspecified atom stereocenters. The van der Waals surface area contributed by atoms with Gasteiger partial charge in [0.15, 0.2) is 0 Å². The summed E-state index contributed by atoms with van der Waals surface area (Å²) in [5.74, 6) is -0.270. The molecule has 0 amide bonds. The molecule has 1 aromatic heterocycles. The molecule has 1 heterocycles. The third-order valence-corrected chi connectivity index (χ3v) is 4.11. The van der Waals surface area contributed by atoms with Crippen LogP contribution in [0.25, 0.3) is 10.1 Å². The molecule has 0 aliphatic rings. The van der Waals surface area contributed by atoms with E-state index >= 15 is 0 Å². The van der Waals surface area contributed by atoms with Crippen LogP contribution in [-0.2, 0) is 6.61 Å². The molecule has 2 aromatic carbocycles. The van der Waals surface area contributed by atoms with E-state index in [1.165, 1.54) is 17.4 Å². The Bertz CT molecular complexity index is 807. The molecular weight excluding hydrogens is 288 g/mol. The maximum absolute atomic E-state index is 11.3. The van der Waals surface area contributed by atoms with Crippen LogP contribution in [0, 0.1) is 0 Å². The number of fused-ring (bicyclic) bond motifs is 1. The summed E-state index contributed by atoms with van der Waals surface area (Å²) in [5.41, 5.74) is 1.11. The summed E-state index contributed by atoms with van der Waals surface area (Å²) in [6.45, 7) is 0.258. The van der Waals surface area contributed by atoms with Crippen molar-refractivity contribution in [3.63, 3.8) is 0 Å². The number of carboxylic acid groups (broad SMARTS) is 1. The van der Waals surface area contributed by atoms with Gasteiger partial charge in [-0.15, -0.1) is 11.3 Å². The van der Waals surface area contributed by atoms with E-state index < -0.39 is 5.97 Å². The first-order chi connectivity index (χ1) is 10.1. The zero-order valence-electron chi connectivity index (χ0n) is 10.9. The highest BCUT2D eigenvalue weighted by Gasteiger charge is 2.14. The summed E-state index contributed by atoms with van der Waals surface area (Å²) in [6, 6.07) is 11.7. The van der Waals surface area contributed by atoms with Crippen molar-refractivity contribution in [2.75, 3.05) is 0 Å². The lowest BCUT2D eigenvalue weighted by molar-refractivity contribution is 0.0699. The van der Waals surface area contributed by atoms with Gasteiger partial charge in [-0.3, -0.25) is 0 Å². The van der Waals surface area contributed by atoms with Gasteiger partial charge in [0, 0.05) is 21.7 Å². The van der Waals surface area contributed by atoms with Gasteiger partial charge in [-0.25, -0.2) is 4.79 Å². The normalized spacial score (nSPS) is 10.7. The van der Waals surface area contributed by atoms with Gasteiger partial charge in [0.05, 0.1) is 5.56 Å². The van der Waals surface area contributed by atoms with Gasteiger partial charge in [0.2, 0.25) is 0 Å². The number of aromatic hydroxyl groups is 1. The molecule has 0 spiro atoms. The van der Waals surface area contributed by atoms with E-state index in [9.17, 15) is 15.0 Å². The minimum Gasteiger partial charge on any atom is -0.508 e. The lowest BCUT2D eigenvalue weighted by atomic mass is 10.1. The van der Waals surface area contributed by atoms with Gasteiger partial charge in [0.25, 0.3) is 0 Å². The molecule has 4 nitrogen and oxygen atoms in total. The number of thiophene rings is 1. The largest absolute Gasteiger partial charge is 0.508 e. The maximum Gasteiger partial charge on any atom is 0.336 e. The van der Waals surface area contributed by atoms with Crippen molar-refractivity contribution in [1.29, 1.82) is 0 Å². The van der Waals surface area contributed by atoms with Crippen LogP contribution in [0.4, 0.5) is 0 Å². The molecule has 0 saturated carbocycles. The number of hydrogen-bond donors (Lipinski definition) is 2. The number of aromatic carboxylic acids is 1. The second-order valence-electron chi connectivity index (χ2n) is 4.53. The van der Waals surface area contributed by atoms with Crippen molar-refractivity contribution < 1.29 is 19.7 Å². The van der Waals surface area contributed by atoms with E-state index in [0.717, 1.165) is 15.6 Å². The number of benzene rings is 2. The minimum atomic E-state index is -0.947. The standard InChI is InChI=1S/C16H12O4S/c17-11-3-1-4-12(7-11)20-8-10-9-21-14-6-2-5-13(15(10)14)16(18)19/h1-7,9,17H,8H2,(H,18,19). The Morgan fingerprint density at radius 2 is 2.00 bits per heavy atom. The smallest absolute Gasteiger partial charge is 0.336 e. The van der Waals surface area contributed by atoms with Crippen molar-refractivity contribution >= 4 is 27.4 Å². The van der Waals surface area contributed by atoms with Crippen LogP contribution in [0.3, 0.4) is 0 Å². The first kappa shape index (κ1) is 13.5. The molecule has 0 bridgehead atoms. The van der Waals surface area contributed by atoms with E-state index in [-0.39, 0.29) is 17.9 Å². The van der Waals surface area contributed by atoms with Gasteiger partial charge in [0.1, 0.15) is 18.1 Å². The lowest BCUT2D eigenvalue weighted by Crippen LogP contribution is -2.00. The van der Waals surface area contributed by atoms with Crippen molar-refractivity contribution in [2.24, 2.45) is 0 Å². The summed E-state index contributed by atoms with van der Waals surface area (Å²) < 4.78 is 6.55. The Hall–Kier alpha value is -2.53. The van der Waals surface area contributed by atoms with E-state index in [1.807, 2.05) is 11.4 Å². The van der Waals surface area contributed by atoms with Crippen LogP contribution >= 0.6 is 11.3 Å². The maximum atomic E-state index is 11.3. The Balaban J connectivity index is 1.92. The molecule has 3 aromatic rings. The van der Waals surface area contributed by atoms with E-state index in [4.69, 9.17) is 4.74 Å². The van der Waals surface area contributed by atoms with Crippen molar-refractivity contribution in [3.05, 3.63) is 59.0 Å². The quantitative estimate of drug-likeness (QED) is 0.767. The second kappa shape index (κ2) is 5.46. The fourth-order valence-corrected chi connectivity index (χ4v) is 3.14. The molecular formula is C16H12O4S. The summed E-state index contributed by atoms with van der Waals surface area (Å²) >= 11 is 1.49. The van der Waals surface area contributed by atoms with Crippen LogP contribution in [0.15, 0.2) is 47.8 Å². The summed E-state index contributed by atoms with van der Waals surface area (Å²) in [5, 5.41) is 21.3. The number of rotatable bonds is 4. The van der Waals surface area contributed by atoms with Crippen LogP contribution in [0.1, 0.15) is 15.9 Å². The molecule has 2 N–H and O–H groups in total. The van der Waals surface area contributed by atoms with Crippen molar-refractivity contribution in [3.8, 4) is 11.5 Å².